The van der Waals surface area contributed by atoms with Gasteiger partial charge in [-0.05, 0) is 23.8 Å². The van der Waals surface area contributed by atoms with Crippen molar-refractivity contribution in [2.45, 2.75) is 6.61 Å². The molecule has 0 saturated carbocycles. The number of carbonyl (C=O) groups is 1. The Morgan fingerprint density at radius 1 is 1.18 bits per heavy atom. The van der Waals surface area contributed by atoms with E-state index in [0.29, 0.717) is 31.0 Å². The highest BCUT2D eigenvalue weighted by Gasteiger charge is 2.07. The third-order valence-electron chi connectivity index (χ3n) is 3.15. The van der Waals surface area contributed by atoms with Gasteiger partial charge in [-0.3, -0.25) is 0 Å². The lowest BCUT2D eigenvalue weighted by atomic mass is 10.1. The summed E-state index contributed by atoms with van der Waals surface area (Å²) in [5.74, 6) is -0.399. The Hall–Kier alpha value is -2.53. The number of nitrogens with two attached hydrogens (primary N) is 1. The van der Waals surface area contributed by atoms with Crippen molar-refractivity contribution in [3.63, 3.8) is 0 Å². The number of nitrogen functional groups attached to an aromatic ring is 1. The van der Waals surface area contributed by atoms with Crippen LogP contribution in [0.2, 0.25) is 0 Å². The fraction of sp³-hybridized carbons (Fsp3) is 0.235. The number of ether oxygens (including phenoxy) is 2. The monoisotopic (exact) mass is 300 g/mol. The van der Waals surface area contributed by atoms with Gasteiger partial charge in [-0.25, -0.2) is 4.79 Å². The molecule has 0 spiro atoms. The van der Waals surface area contributed by atoms with E-state index in [0.717, 1.165) is 11.3 Å². The normalized spacial score (nSPS) is 10.2. The summed E-state index contributed by atoms with van der Waals surface area (Å²) >= 11 is 0. The summed E-state index contributed by atoms with van der Waals surface area (Å²) in [6.45, 7) is 1.78. The number of hydrogen-bond acceptors (Lipinski definition) is 5. The average molecular weight is 300 g/mol. The van der Waals surface area contributed by atoms with E-state index in [1.807, 2.05) is 30.3 Å². The van der Waals surface area contributed by atoms with Crippen molar-refractivity contribution in [1.82, 2.24) is 0 Å². The number of methoxy groups -OCH3 is 1. The number of benzene rings is 2. The van der Waals surface area contributed by atoms with E-state index in [1.54, 1.807) is 18.2 Å². The maximum Gasteiger partial charge on any atom is 0.337 e. The highest BCUT2D eigenvalue weighted by molar-refractivity contribution is 5.91. The van der Waals surface area contributed by atoms with Crippen molar-refractivity contribution in [2.24, 2.45) is 0 Å². The van der Waals surface area contributed by atoms with Crippen molar-refractivity contribution >= 4 is 17.3 Å². The second kappa shape index (κ2) is 8.05. The van der Waals surface area contributed by atoms with Crippen LogP contribution in [0.3, 0.4) is 0 Å². The molecule has 0 unspecified atom stereocenters. The van der Waals surface area contributed by atoms with Gasteiger partial charge in [-0.15, -0.1) is 0 Å². The molecule has 0 aromatic heterocycles. The molecule has 3 N–H and O–H groups in total. The second-order valence-electron chi connectivity index (χ2n) is 4.76. The highest BCUT2D eigenvalue weighted by atomic mass is 16.5. The van der Waals surface area contributed by atoms with Crippen LogP contribution in [-0.2, 0) is 16.1 Å². The average Bonchev–Trinajstić information content (AvgIpc) is 2.56. The van der Waals surface area contributed by atoms with Crippen molar-refractivity contribution in [2.75, 3.05) is 31.3 Å². The third-order valence-corrected chi connectivity index (χ3v) is 3.15. The predicted octanol–water partition coefficient (Wildman–Crippen LogP) is 2.68. The molecule has 0 aliphatic carbocycles. The van der Waals surface area contributed by atoms with Crippen molar-refractivity contribution in [1.29, 1.82) is 0 Å². The van der Waals surface area contributed by atoms with Crippen molar-refractivity contribution in [3.05, 3.63) is 59.7 Å². The molecule has 5 nitrogen and oxygen atoms in total. The van der Waals surface area contributed by atoms with Gasteiger partial charge in [0.2, 0.25) is 0 Å². The molecule has 0 heterocycles. The molecule has 5 heteroatoms. The lowest BCUT2D eigenvalue weighted by Crippen LogP contribution is -2.11. The Kier molecular flexibility index (Phi) is 5.80. The van der Waals surface area contributed by atoms with Crippen LogP contribution in [0.25, 0.3) is 0 Å². The van der Waals surface area contributed by atoms with E-state index in [2.05, 4.69) is 10.1 Å². The summed E-state index contributed by atoms with van der Waals surface area (Å²) in [4.78, 5) is 11.4. The van der Waals surface area contributed by atoms with Gasteiger partial charge in [-0.1, -0.05) is 30.3 Å². The van der Waals surface area contributed by atoms with Gasteiger partial charge in [0.1, 0.15) is 0 Å². The Balaban J connectivity index is 1.76. The van der Waals surface area contributed by atoms with E-state index < -0.39 is 5.97 Å². The molecule has 0 atom stereocenters. The Morgan fingerprint density at radius 3 is 2.64 bits per heavy atom. The van der Waals surface area contributed by atoms with E-state index >= 15 is 0 Å². The van der Waals surface area contributed by atoms with Gasteiger partial charge in [0.05, 0.1) is 37.3 Å². The number of nitrogens with one attached hydrogen (secondary N) is 1. The zero-order chi connectivity index (χ0) is 15.8. The first-order chi connectivity index (χ1) is 10.7. The summed E-state index contributed by atoms with van der Waals surface area (Å²) in [5.41, 5.74) is 8.77. The summed E-state index contributed by atoms with van der Waals surface area (Å²) in [5, 5.41) is 3.18. The van der Waals surface area contributed by atoms with Gasteiger partial charge < -0.3 is 20.5 Å². The maximum atomic E-state index is 11.4. The van der Waals surface area contributed by atoms with Crippen LogP contribution in [-0.4, -0.2) is 26.2 Å². The standard InChI is InChI=1S/C17H20N2O3/c1-21-17(20)14-7-8-16(15(18)11-14)19-9-10-22-12-13-5-3-2-4-6-13/h2-8,11,19H,9-10,12,18H2,1H3. The first kappa shape index (κ1) is 15.9. The van der Waals surface area contributed by atoms with Crippen LogP contribution in [0.1, 0.15) is 15.9 Å². The topological polar surface area (TPSA) is 73.6 Å². The number of rotatable bonds is 7. The Morgan fingerprint density at radius 2 is 1.95 bits per heavy atom. The number of carbonyl (C=O) groups excluding carboxylic acids is 1. The van der Waals surface area contributed by atoms with E-state index in [-0.39, 0.29) is 0 Å². The molecule has 2 rings (SSSR count). The predicted molar refractivity (Wildman–Crippen MR) is 86.8 cm³/mol. The fourth-order valence-corrected chi connectivity index (χ4v) is 1.99. The molecule has 0 aliphatic rings. The first-order valence-corrected chi connectivity index (χ1v) is 7.04. The Labute approximate surface area is 130 Å². The molecule has 0 bridgehead atoms. The van der Waals surface area contributed by atoms with Crippen LogP contribution in [0.15, 0.2) is 48.5 Å². The lowest BCUT2D eigenvalue weighted by Gasteiger charge is -2.11. The summed E-state index contributed by atoms with van der Waals surface area (Å²) < 4.78 is 10.2. The third kappa shape index (κ3) is 4.49. The molecule has 0 fully saturated rings. The molecular weight excluding hydrogens is 280 g/mol. The summed E-state index contributed by atoms with van der Waals surface area (Å²) in [6, 6.07) is 15.0. The molecule has 0 saturated heterocycles. The number of hydrogen-bond donors (Lipinski definition) is 2. The molecule has 0 amide bonds. The molecule has 22 heavy (non-hydrogen) atoms. The number of anilines is 2. The number of esters is 1. The van der Waals surface area contributed by atoms with Crippen LogP contribution < -0.4 is 11.1 Å². The molecule has 0 radical (unpaired) electrons. The summed E-state index contributed by atoms with van der Waals surface area (Å²) in [7, 11) is 1.34. The molecule has 0 aliphatic heterocycles. The van der Waals surface area contributed by atoms with Gasteiger partial charge in [0, 0.05) is 6.54 Å². The van der Waals surface area contributed by atoms with Crippen LogP contribution >= 0.6 is 0 Å². The van der Waals surface area contributed by atoms with Crippen LogP contribution in [0.4, 0.5) is 11.4 Å². The largest absolute Gasteiger partial charge is 0.465 e. The fourth-order valence-electron chi connectivity index (χ4n) is 1.99. The van der Waals surface area contributed by atoms with E-state index in [9.17, 15) is 4.79 Å². The second-order valence-corrected chi connectivity index (χ2v) is 4.76. The summed E-state index contributed by atoms with van der Waals surface area (Å²) in [6.07, 6.45) is 0. The lowest BCUT2D eigenvalue weighted by molar-refractivity contribution is 0.0601. The quantitative estimate of drug-likeness (QED) is 0.467. The van der Waals surface area contributed by atoms with Crippen molar-refractivity contribution < 1.29 is 14.3 Å². The molecular formula is C17H20N2O3. The first-order valence-electron chi connectivity index (χ1n) is 7.04. The highest BCUT2D eigenvalue weighted by Crippen LogP contribution is 2.20. The SMILES string of the molecule is COC(=O)c1ccc(NCCOCc2ccccc2)c(N)c1. The van der Waals surface area contributed by atoms with Crippen LogP contribution in [0.5, 0.6) is 0 Å². The minimum absolute atomic E-state index is 0.399. The van der Waals surface area contributed by atoms with Gasteiger partial charge >= 0.3 is 5.97 Å². The minimum atomic E-state index is -0.399. The molecule has 116 valence electrons. The smallest absolute Gasteiger partial charge is 0.337 e. The molecule has 2 aromatic rings. The van der Waals surface area contributed by atoms with Crippen molar-refractivity contribution in [3.8, 4) is 0 Å². The minimum Gasteiger partial charge on any atom is -0.465 e. The Bertz CT molecular complexity index is 615. The van der Waals surface area contributed by atoms with Gasteiger partial charge in [0.15, 0.2) is 0 Å². The zero-order valence-electron chi connectivity index (χ0n) is 12.5. The van der Waals surface area contributed by atoms with E-state index in [1.165, 1.54) is 7.11 Å². The van der Waals surface area contributed by atoms with Gasteiger partial charge in [-0.2, -0.15) is 0 Å². The zero-order valence-corrected chi connectivity index (χ0v) is 12.5. The van der Waals surface area contributed by atoms with Gasteiger partial charge in [0.25, 0.3) is 0 Å². The molecule has 2 aromatic carbocycles. The maximum absolute atomic E-state index is 11.4. The van der Waals surface area contributed by atoms with E-state index in [4.69, 9.17) is 10.5 Å². The van der Waals surface area contributed by atoms with Crippen LogP contribution in [0, 0.1) is 0 Å².